The Morgan fingerprint density at radius 1 is 1.58 bits per heavy atom. The Morgan fingerprint density at radius 3 is 2.75 bits per heavy atom. The Kier molecular flexibility index (Phi) is 2.96. The summed E-state index contributed by atoms with van der Waals surface area (Å²) in [7, 11) is 1.33. The van der Waals surface area contributed by atoms with E-state index in [2.05, 4.69) is 14.7 Å². The van der Waals surface area contributed by atoms with Crippen LogP contribution in [0.2, 0.25) is 0 Å². The van der Waals surface area contributed by atoms with Crippen molar-refractivity contribution in [1.29, 1.82) is 0 Å². The number of aromatic nitrogens is 2. The first kappa shape index (κ1) is 9.37. The van der Waals surface area contributed by atoms with Crippen molar-refractivity contribution in [1.82, 2.24) is 9.97 Å². The third kappa shape index (κ3) is 2.13. The first-order valence-electron chi connectivity index (χ1n) is 3.23. The molecule has 12 heavy (non-hydrogen) atoms. The molecule has 0 aliphatic heterocycles. The summed E-state index contributed by atoms with van der Waals surface area (Å²) in [5.41, 5.74) is 1.06. The lowest BCUT2D eigenvalue weighted by Gasteiger charge is -1.99. The van der Waals surface area contributed by atoms with E-state index < -0.39 is 5.97 Å². The number of esters is 1. The molecule has 0 amide bonds. The summed E-state index contributed by atoms with van der Waals surface area (Å²) in [5.74, 6) is -0.432. The smallest absolute Gasteiger partial charge is 0.356 e. The molecular formula is C7H7IN2O2. The first-order valence-corrected chi connectivity index (χ1v) is 4.31. The zero-order valence-corrected chi connectivity index (χ0v) is 8.82. The molecule has 5 heteroatoms. The quantitative estimate of drug-likeness (QED) is 0.439. The fourth-order valence-corrected chi connectivity index (χ4v) is 1.38. The summed E-state index contributed by atoms with van der Waals surface area (Å²) in [5, 5.41) is 0. The molecule has 1 rings (SSSR count). The Hall–Kier alpha value is -0.720. The number of carbonyl (C=O) groups is 1. The van der Waals surface area contributed by atoms with Gasteiger partial charge in [0.05, 0.1) is 7.11 Å². The zero-order chi connectivity index (χ0) is 9.14. The van der Waals surface area contributed by atoms with Crippen LogP contribution in [-0.2, 0) is 4.74 Å². The van der Waals surface area contributed by atoms with Crippen LogP contribution in [0.15, 0.2) is 6.07 Å². The number of methoxy groups -OCH3 is 1. The van der Waals surface area contributed by atoms with Crippen LogP contribution < -0.4 is 0 Å². The molecule has 1 aromatic rings. The molecule has 0 N–H and O–H groups in total. The number of ether oxygens (including phenoxy) is 1. The molecule has 0 aliphatic carbocycles. The van der Waals surface area contributed by atoms with Gasteiger partial charge in [0.2, 0.25) is 0 Å². The molecule has 0 aromatic carbocycles. The molecule has 0 spiro atoms. The zero-order valence-electron chi connectivity index (χ0n) is 6.67. The average molecular weight is 278 g/mol. The molecule has 0 unspecified atom stereocenters. The monoisotopic (exact) mass is 278 g/mol. The number of aryl methyl sites for hydroxylation is 1. The van der Waals surface area contributed by atoms with Crippen LogP contribution in [-0.4, -0.2) is 23.0 Å². The largest absolute Gasteiger partial charge is 0.464 e. The molecule has 4 nitrogen and oxygen atoms in total. The van der Waals surface area contributed by atoms with Crippen LogP contribution in [0.4, 0.5) is 0 Å². The molecule has 1 aromatic heterocycles. The molecule has 0 fully saturated rings. The molecule has 1 heterocycles. The van der Waals surface area contributed by atoms with Crippen molar-refractivity contribution in [3.63, 3.8) is 0 Å². The van der Waals surface area contributed by atoms with Gasteiger partial charge in [-0.2, -0.15) is 0 Å². The molecule has 0 bridgehead atoms. The normalized spacial score (nSPS) is 9.58. The van der Waals surface area contributed by atoms with Crippen LogP contribution in [0.25, 0.3) is 0 Å². The van der Waals surface area contributed by atoms with Gasteiger partial charge >= 0.3 is 5.97 Å². The summed E-state index contributed by atoms with van der Waals surface area (Å²) < 4.78 is 5.06. The summed E-state index contributed by atoms with van der Waals surface area (Å²) in [4.78, 5) is 18.9. The lowest BCUT2D eigenvalue weighted by Crippen LogP contribution is -2.07. The van der Waals surface area contributed by atoms with E-state index >= 15 is 0 Å². The van der Waals surface area contributed by atoms with Crippen molar-refractivity contribution >= 4 is 28.6 Å². The van der Waals surface area contributed by atoms with E-state index in [4.69, 9.17) is 0 Å². The Bertz CT molecular complexity index is 294. The summed E-state index contributed by atoms with van der Waals surface area (Å²) in [6.07, 6.45) is 0. The number of rotatable bonds is 1. The second-order valence-electron chi connectivity index (χ2n) is 2.16. The van der Waals surface area contributed by atoms with E-state index in [-0.39, 0.29) is 0 Å². The van der Waals surface area contributed by atoms with Crippen molar-refractivity contribution in [2.75, 3.05) is 7.11 Å². The van der Waals surface area contributed by atoms with Crippen molar-refractivity contribution in [3.05, 3.63) is 21.3 Å². The SMILES string of the molecule is COC(=O)c1cc(C)nc(I)n1. The van der Waals surface area contributed by atoms with Gasteiger partial charge < -0.3 is 4.74 Å². The molecule has 0 aliphatic rings. The summed E-state index contributed by atoms with van der Waals surface area (Å²) in [6, 6.07) is 1.59. The van der Waals surface area contributed by atoms with Crippen LogP contribution >= 0.6 is 22.6 Å². The van der Waals surface area contributed by atoms with E-state index in [1.165, 1.54) is 7.11 Å². The third-order valence-corrected chi connectivity index (χ3v) is 1.70. The van der Waals surface area contributed by atoms with Crippen molar-refractivity contribution < 1.29 is 9.53 Å². The second kappa shape index (κ2) is 3.79. The summed E-state index contributed by atoms with van der Waals surface area (Å²) >= 11 is 1.95. The first-order chi connectivity index (χ1) is 5.63. The number of halogens is 1. The van der Waals surface area contributed by atoms with Gasteiger partial charge in [0.1, 0.15) is 0 Å². The van der Waals surface area contributed by atoms with Gasteiger partial charge in [-0.1, -0.05) is 0 Å². The van der Waals surface area contributed by atoms with Gasteiger partial charge in [-0.3, -0.25) is 0 Å². The van der Waals surface area contributed by atoms with Crippen LogP contribution in [0.1, 0.15) is 16.2 Å². The number of hydrogen-bond acceptors (Lipinski definition) is 4. The predicted molar refractivity (Wildman–Crippen MR) is 50.8 cm³/mol. The maximum Gasteiger partial charge on any atom is 0.356 e. The minimum atomic E-state index is -0.432. The molecule has 0 saturated heterocycles. The van der Waals surface area contributed by atoms with Crippen LogP contribution in [0.5, 0.6) is 0 Å². The fraction of sp³-hybridized carbons (Fsp3) is 0.286. The molecule has 0 radical (unpaired) electrons. The van der Waals surface area contributed by atoms with Crippen molar-refractivity contribution in [3.8, 4) is 0 Å². The highest BCUT2D eigenvalue weighted by atomic mass is 127. The van der Waals surface area contributed by atoms with E-state index in [0.29, 0.717) is 9.53 Å². The van der Waals surface area contributed by atoms with Crippen molar-refractivity contribution in [2.24, 2.45) is 0 Å². The van der Waals surface area contributed by atoms with E-state index in [1.807, 2.05) is 22.6 Å². The van der Waals surface area contributed by atoms with Gasteiger partial charge in [0, 0.05) is 28.3 Å². The van der Waals surface area contributed by atoms with E-state index in [1.54, 1.807) is 13.0 Å². The van der Waals surface area contributed by atoms with Gasteiger partial charge in [-0.25, -0.2) is 14.8 Å². The van der Waals surface area contributed by atoms with Gasteiger partial charge in [0.15, 0.2) is 9.53 Å². The second-order valence-corrected chi connectivity index (χ2v) is 3.12. The van der Waals surface area contributed by atoms with Gasteiger partial charge in [-0.05, 0) is 13.0 Å². The molecule has 0 saturated carbocycles. The minimum Gasteiger partial charge on any atom is -0.464 e. The maximum absolute atomic E-state index is 11.0. The Labute approximate surface area is 83.5 Å². The topological polar surface area (TPSA) is 52.1 Å². The maximum atomic E-state index is 11.0. The number of nitrogens with zero attached hydrogens (tertiary/aromatic N) is 2. The minimum absolute atomic E-state index is 0.300. The lowest BCUT2D eigenvalue weighted by atomic mass is 10.3. The average Bonchev–Trinajstić information content (AvgIpc) is 2.01. The highest BCUT2D eigenvalue weighted by Crippen LogP contribution is 2.03. The summed E-state index contributed by atoms with van der Waals surface area (Å²) in [6.45, 7) is 1.80. The van der Waals surface area contributed by atoms with Crippen LogP contribution in [0, 0.1) is 10.8 Å². The Morgan fingerprint density at radius 2 is 2.25 bits per heavy atom. The Balaban J connectivity index is 3.08. The van der Waals surface area contributed by atoms with Gasteiger partial charge in [-0.15, -0.1) is 0 Å². The standard InChI is InChI=1S/C7H7IN2O2/c1-4-3-5(6(11)12-2)10-7(8)9-4/h3H,1-2H3. The van der Waals surface area contributed by atoms with Crippen LogP contribution in [0.3, 0.4) is 0 Å². The number of carbonyl (C=O) groups excluding carboxylic acids is 1. The molecular weight excluding hydrogens is 271 g/mol. The predicted octanol–water partition coefficient (Wildman–Crippen LogP) is 1.18. The highest BCUT2D eigenvalue weighted by Gasteiger charge is 2.08. The molecule has 64 valence electrons. The highest BCUT2D eigenvalue weighted by molar-refractivity contribution is 14.1. The van der Waals surface area contributed by atoms with E-state index in [0.717, 1.165) is 5.69 Å². The lowest BCUT2D eigenvalue weighted by molar-refractivity contribution is 0.0593. The molecule has 0 atom stereocenters. The van der Waals surface area contributed by atoms with E-state index in [9.17, 15) is 4.79 Å². The van der Waals surface area contributed by atoms with Crippen molar-refractivity contribution in [2.45, 2.75) is 6.92 Å². The van der Waals surface area contributed by atoms with Gasteiger partial charge in [0.25, 0.3) is 0 Å². The third-order valence-electron chi connectivity index (χ3n) is 1.22. The fourth-order valence-electron chi connectivity index (χ4n) is 0.741. The number of hydrogen-bond donors (Lipinski definition) is 0.